The second kappa shape index (κ2) is 8.62. The Morgan fingerprint density at radius 3 is 2.48 bits per heavy atom. The molecule has 1 N–H and O–H groups in total. The average molecular weight is 361 g/mol. The summed E-state index contributed by atoms with van der Waals surface area (Å²) in [6.45, 7) is 2.10. The number of nitrogens with zero attached hydrogens (tertiary/aromatic N) is 2. The molecular weight excluding hydrogens is 342 g/mol. The molecule has 0 saturated carbocycles. The molecule has 1 aromatic heterocycles. The van der Waals surface area contributed by atoms with E-state index in [1.165, 1.54) is 6.08 Å². The Kier molecular flexibility index (Phi) is 5.79. The van der Waals surface area contributed by atoms with E-state index in [0.29, 0.717) is 17.9 Å². The number of anilines is 1. The highest BCUT2D eigenvalue weighted by molar-refractivity contribution is 6.04. The highest BCUT2D eigenvalue weighted by atomic mass is 16.5. The molecule has 3 rings (SSSR count). The topological polar surface area (TPSA) is 73.2 Å². The second-order valence-corrected chi connectivity index (χ2v) is 5.66. The number of carbonyl (C=O) groups is 2. The molecule has 0 atom stereocenters. The van der Waals surface area contributed by atoms with Crippen molar-refractivity contribution in [3.63, 3.8) is 0 Å². The zero-order valence-corrected chi connectivity index (χ0v) is 14.8. The number of nitrogens with one attached hydrogen (secondary N) is 1. The second-order valence-electron chi connectivity index (χ2n) is 5.66. The van der Waals surface area contributed by atoms with Crippen molar-refractivity contribution < 1.29 is 14.3 Å². The first-order valence-electron chi connectivity index (χ1n) is 8.52. The molecule has 0 spiro atoms. The van der Waals surface area contributed by atoms with Gasteiger partial charge in [0.25, 0.3) is 5.91 Å². The molecule has 2 aromatic carbocycles. The maximum Gasteiger partial charge on any atom is 0.330 e. The van der Waals surface area contributed by atoms with E-state index in [4.69, 9.17) is 4.74 Å². The first kappa shape index (κ1) is 18.1. The molecule has 3 aromatic rings. The summed E-state index contributed by atoms with van der Waals surface area (Å²) in [5.41, 5.74) is 2.94. The van der Waals surface area contributed by atoms with Gasteiger partial charge in [-0.05, 0) is 61.0 Å². The van der Waals surface area contributed by atoms with Gasteiger partial charge in [0.1, 0.15) is 0 Å². The normalized spacial score (nSPS) is 10.7. The number of hydrogen-bond donors (Lipinski definition) is 1. The van der Waals surface area contributed by atoms with Gasteiger partial charge >= 0.3 is 5.97 Å². The summed E-state index contributed by atoms with van der Waals surface area (Å²) in [6, 6.07) is 16.2. The molecule has 0 fully saturated rings. The van der Waals surface area contributed by atoms with E-state index in [-0.39, 0.29) is 11.9 Å². The number of benzene rings is 2. The number of ether oxygens (including phenoxy) is 1. The van der Waals surface area contributed by atoms with Gasteiger partial charge in [0.15, 0.2) is 0 Å². The lowest BCUT2D eigenvalue weighted by atomic mass is 10.1. The molecule has 0 aliphatic rings. The number of hydrogen-bond acceptors (Lipinski definition) is 4. The zero-order valence-electron chi connectivity index (χ0n) is 14.8. The summed E-state index contributed by atoms with van der Waals surface area (Å²) in [5.74, 6) is -0.578. The quantitative estimate of drug-likeness (QED) is 0.537. The van der Waals surface area contributed by atoms with Crippen LogP contribution in [0.4, 0.5) is 5.69 Å². The van der Waals surface area contributed by atoms with Gasteiger partial charge in [0, 0.05) is 29.7 Å². The fraction of sp³-hybridized carbons (Fsp3) is 0.0952. The van der Waals surface area contributed by atoms with E-state index in [1.54, 1.807) is 48.1 Å². The van der Waals surface area contributed by atoms with Crippen LogP contribution in [0, 0.1) is 0 Å². The average Bonchev–Trinajstić information content (AvgIpc) is 3.23. The third-order valence-corrected chi connectivity index (χ3v) is 3.77. The number of esters is 1. The van der Waals surface area contributed by atoms with Gasteiger partial charge in [-0.15, -0.1) is 0 Å². The Morgan fingerprint density at radius 2 is 1.85 bits per heavy atom. The lowest BCUT2D eigenvalue weighted by Crippen LogP contribution is -2.11. The lowest BCUT2D eigenvalue weighted by molar-refractivity contribution is -0.137. The minimum Gasteiger partial charge on any atom is -0.463 e. The van der Waals surface area contributed by atoms with Crippen LogP contribution in [0.25, 0.3) is 11.8 Å². The number of carbonyl (C=O) groups excluding carboxylic acids is 2. The summed E-state index contributed by atoms with van der Waals surface area (Å²) in [4.78, 5) is 23.7. The predicted molar refractivity (Wildman–Crippen MR) is 104 cm³/mol. The van der Waals surface area contributed by atoms with Gasteiger partial charge in [-0.25, -0.2) is 9.48 Å². The SMILES string of the molecule is CCOC(=O)/C=C/c1ccc(NC(=O)c2ccc(-n3cccn3)cc2)cc1. The molecule has 0 aliphatic heterocycles. The Balaban J connectivity index is 1.61. The van der Waals surface area contributed by atoms with Crippen LogP contribution in [0.2, 0.25) is 0 Å². The van der Waals surface area contributed by atoms with Gasteiger partial charge in [-0.1, -0.05) is 12.1 Å². The molecule has 0 bridgehead atoms. The van der Waals surface area contributed by atoms with Crippen molar-refractivity contribution in [1.29, 1.82) is 0 Å². The van der Waals surface area contributed by atoms with E-state index >= 15 is 0 Å². The van der Waals surface area contributed by atoms with Crippen LogP contribution in [-0.4, -0.2) is 28.3 Å². The first-order valence-corrected chi connectivity index (χ1v) is 8.52. The molecule has 1 heterocycles. The van der Waals surface area contributed by atoms with Crippen molar-refractivity contribution >= 4 is 23.6 Å². The van der Waals surface area contributed by atoms with Gasteiger partial charge in [-0.2, -0.15) is 5.10 Å². The number of amides is 1. The summed E-state index contributed by atoms with van der Waals surface area (Å²) in [7, 11) is 0. The highest BCUT2D eigenvalue weighted by Gasteiger charge is 2.06. The summed E-state index contributed by atoms with van der Waals surface area (Å²) in [5, 5.41) is 7.00. The molecule has 0 radical (unpaired) electrons. The van der Waals surface area contributed by atoms with Gasteiger partial charge < -0.3 is 10.1 Å². The molecular formula is C21H19N3O3. The molecule has 27 heavy (non-hydrogen) atoms. The van der Waals surface area contributed by atoms with Crippen LogP contribution in [0.15, 0.2) is 73.1 Å². The van der Waals surface area contributed by atoms with Crippen LogP contribution in [0.3, 0.4) is 0 Å². The van der Waals surface area contributed by atoms with E-state index in [2.05, 4.69) is 10.4 Å². The Bertz CT molecular complexity index is 928. The monoisotopic (exact) mass is 361 g/mol. The smallest absolute Gasteiger partial charge is 0.330 e. The van der Waals surface area contributed by atoms with Crippen molar-refractivity contribution in [2.45, 2.75) is 6.92 Å². The Labute approximate surface area is 157 Å². The summed E-state index contributed by atoms with van der Waals surface area (Å²) < 4.78 is 6.56. The Morgan fingerprint density at radius 1 is 1.11 bits per heavy atom. The van der Waals surface area contributed by atoms with E-state index in [9.17, 15) is 9.59 Å². The van der Waals surface area contributed by atoms with Crippen molar-refractivity contribution in [3.05, 3.63) is 84.2 Å². The van der Waals surface area contributed by atoms with Crippen LogP contribution in [-0.2, 0) is 9.53 Å². The van der Waals surface area contributed by atoms with E-state index in [0.717, 1.165) is 11.3 Å². The molecule has 0 aliphatic carbocycles. The molecule has 136 valence electrons. The number of aromatic nitrogens is 2. The first-order chi connectivity index (χ1) is 13.2. The van der Waals surface area contributed by atoms with E-state index < -0.39 is 0 Å². The summed E-state index contributed by atoms with van der Waals surface area (Å²) >= 11 is 0. The molecule has 0 unspecified atom stereocenters. The minimum absolute atomic E-state index is 0.197. The van der Waals surface area contributed by atoms with Crippen LogP contribution >= 0.6 is 0 Å². The van der Waals surface area contributed by atoms with Crippen molar-refractivity contribution in [3.8, 4) is 5.69 Å². The molecule has 0 saturated heterocycles. The van der Waals surface area contributed by atoms with Crippen LogP contribution < -0.4 is 5.32 Å². The fourth-order valence-electron chi connectivity index (χ4n) is 2.42. The van der Waals surface area contributed by atoms with E-state index in [1.807, 2.05) is 36.5 Å². The number of rotatable bonds is 6. The van der Waals surface area contributed by atoms with Gasteiger partial charge in [-0.3, -0.25) is 4.79 Å². The zero-order chi connectivity index (χ0) is 19.1. The third-order valence-electron chi connectivity index (χ3n) is 3.77. The molecule has 1 amide bonds. The van der Waals surface area contributed by atoms with Crippen LogP contribution in [0.1, 0.15) is 22.8 Å². The highest BCUT2D eigenvalue weighted by Crippen LogP contribution is 2.14. The summed E-state index contributed by atoms with van der Waals surface area (Å²) in [6.07, 6.45) is 6.58. The van der Waals surface area contributed by atoms with Crippen molar-refractivity contribution in [1.82, 2.24) is 9.78 Å². The third kappa shape index (κ3) is 4.92. The standard InChI is InChI=1S/C21H19N3O3/c1-2-27-20(25)13-6-16-4-9-18(10-5-16)23-21(26)17-7-11-19(12-8-17)24-15-3-14-22-24/h3-15H,2H2,1H3,(H,23,26)/b13-6+. The maximum atomic E-state index is 12.4. The maximum absolute atomic E-state index is 12.4. The van der Waals surface area contributed by atoms with Crippen molar-refractivity contribution in [2.75, 3.05) is 11.9 Å². The van der Waals surface area contributed by atoms with Gasteiger partial charge in [0.2, 0.25) is 0 Å². The molecule has 6 nitrogen and oxygen atoms in total. The molecule has 6 heteroatoms. The predicted octanol–water partition coefficient (Wildman–Crippen LogP) is 3.70. The van der Waals surface area contributed by atoms with Crippen LogP contribution in [0.5, 0.6) is 0 Å². The van der Waals surface area contributed by atoms with Crippen molar-refractivity contribution in [2.24, 2.45) is 0 Å². The van der Waals surface area contributed by atoms with Gasteiger partial charge in [0.05, 0.1) is 12.3 Å². The fourth-order valence-corrected chi connectivity index (χ4v) is 2.42. The Hall–Kier alpha value is -3.67. The lowest BCUT2D eigenvalue weighted by Gasteiger charge is -2.07. The minimum atomic E-state index is -0.381. The largest absolute Gasteiger partial charge is 0.463 e.